The molecule has 0 saturated carbocycles. The van der Waals surface area contributed by atoms with E-state index in [9.17, 15) is 4.79 Å². The van der Waals surface area contributed by atoms with Crippen molar-refractivity contribution < 1.29 is 4.79 Å². The van der Waals surface area contributed by atoms with Crippen LogP contribution in [0.3, 0.4) is 0 Å². The summed E-state index contributed by atoms with van der Waals surface area (Å²) in [6.45, 7) is 15.1. The van der Waals surface area contributed by atoms with E-state index >= 15 is 0 Å². The molecule has 1 saturated heterocycles. The molecule has 0 aromatic rings. The van der Waals surface area contributed by atoms with Crippen LogP contribution in [0.2, 0.25) is 0 Å². The summed E-state index contributed by atoms with van der Waals surface area (Å²) < 4.78 is 0. The molecule has 0 bridgehead atoms. The Hall–Kier alpha value is -0.530. The van der Waals surface area contributed by atoms with Gasteiger partial charge in [0.1, 0.15) is 0 Å². The van der Waals surface area contributed by atoms with Crippen LogP contribution in [0.1, 0.15) is 106 Å². The molecule has 0 aliphatic carbocycles. The summed E-state index contributed by atoms with van der Waals surface area (Å²) in [5.74, 6) is 0.397. The Morgan fingerprint density at radius 1 is 1.04 bits per heavy atom. The third-order valence-corrected chi connectivity index (χ3v) is 6.24. The summed E-state index contributed by atoms with van der Waals surface area (Å²) in [7, 11) is 0. The van der Waals surface area contributed by atoms with E-state index in [1.54, 1.807) is 0 Å². The molecular formula is C21H41NO. The van der Waals surface area contributed by atoms with Gasteiger partial charge in [0.05, 0.1) is 0 Å². The maximum Gasteiger partial charge on any atom is 0.222 e. The molecule has 2 nitrogen and oxygen atoms in total. The Kier molecular flexibility index (Phi) is 8.10. The van der Waals surface area contributed by atoms with E-state index in [4.69, 9.17) is 0 Å². The molecule has 2 heteroatoms. The SMILES string of the molecule is CCCCC(C)(CC)CC(N1CCCC1=O)C(C)(C)CCCC. The Bertz CT molecular complexity index is 363. The van der Waals surface area contributed by atoms with Crippen LogP contribution in [0.4, 0.5) is 0 Å². The van der Waals surface area contributed by atoms with Gasteiger partial charge in [0, 0.05) is 19.0 Å². The number of unbranched alkanes of at least 4 members (excludes halogenated alkanes) is 2. The van der Waals surface area contributed by atoms with Crippen LogP contribution >= 0.6 is 0 Å². The van der Waals surface area contributed by atoms with Crippen molar-refractivity contribution in [1.82, 2.24) is 4.90 Å². The van der Waals surface area contributed by atoms with Crippen LogP contribution in [0, 0.1) is 10.8 Å². The third-order valence-electron chi connectivity index (χ3n) is 6.24. The van der Waals surface area contributed by atoms with Crippen LogP contribution in [0.25, 0.3) is 0 Å². The molecular weight excluding hydrogens is 282 g/mol. The molecule has 1 aliphatic heterocycles. The minimum atomic E-state index is 0.221. The largest absolute Gasteiger partial charge is 0.339 e. The highest BCUT2D eigenvalue weighted by molar-refractivity contribution is 5.78. The highest BCUT2D eigenvalue weighted by Crippen LogP contribution is 2.43. The molecule has 0 spiro atoms. The quantitative estimate of drug-likeness (QED) is 0.444. The second kappa shape index (κ2) is 9.08. The third kappa shape index (κ3) is 5.80. The highest BCUT2D eigenvalue weighted by atomic mass is 16.2. The summed E-state index contributed by atoms with van der Waals surface area (Å²) in [6, 6.07) is 0.408. The molecule has 136 valence electrons. The van der Waals surface area contributed by atoms with E-state index in [0.717, 1.165) is 19.4 Å². The predicted octanol–water partition coefficient (Wildman–Crippen LogP) is 6.19. The molecule has 1 amide bonds. The number of hydrogen-bond acceptors (Lipinski definition) is 1. The van der Waals surface area contributed by atoms with Crippen molar-refractivity contribution in [3.8, 4) is 0 Å². The maximum atomic E-state index is 12.5. The van der Waals surface area contributed by atoms with Gasteiger partial charge in [-0.15, -0.1) is 0 Å². The lowest BCUT2D eigenvalue weighted by Crippen LogP contribution is -2.48. The fraction of sp³-hybridized carbons (Fsp3) is 0.952. The number of rotatable bonds is 11. The molecule has 1 aliphatic rings. The smallest absolute Gasteiger partial charge is 0.222 e. The zero-order valence-electron chi connectivity index (χ0n) is 16.7. The molecule has 1 rings (SSSR count). The number of carbonyl (C=O) groups is 1. The normalized spacial score (nSPS) is 19.9. The second-order valence-electron chi connectivity index (χ2n) is 8.77. The van der Waals surface area contributed by atoms with Crippen molar-refractivity contribution in [2.75, 3.05) is 6.54 Å². The Morgan fingerprint density at radius 3 is 2.13 bits per heavy atom. The first-order chi connectivity index (χ1) is 10.8. The van der Waals surface area contributed by atoms with E-state index in [1.165, 1.54) is 51.4 Å². The molecule has 2 atom stereocenters. The van der Waals surface area contributed by atoms with Crippen LogP contribution < -0.4 is 0 Å². The monoisotopic (exact) mass is 323 g/mol. The topological polar surface area (TPSA) is 20.3 Å². The van der Waals surface area contributed by atoms with Gasteiger partial charge >= 0.3 is 0 Å². The van der Waals surface area contributed by atoms with E-state index in [0.29, 0.717) is 17.4 Å². The summed E-state index contributed by atoms with van der Waals surface area (Å²) in [6.07, 6.45) is 11.8. The standard InChI is InChI=1S/C21H41NO/c1-7-10-14-20(4,5)18(22-16-12-13-19(22)23)17-21(6,9-3)15-11-8-2/h18H,7-17H2,1-6H3. The van der Waals surface area contributed by atoms with E-state index < -0.39 is 0 Å². The number of carbonyl (C=O) groups excluding carboxylic acids is 1. The first-order valence-electron chi connectivity index (χ1n) is 10.1. The molecule has 1 fully saturated rings. The summed E-state index contributed by atoms with van der Waals surface area (Å²) in [5, 5.41) is 0. The van der Waals surface area contributed by atoms with Gasteiger partial charge < -0.3 is 4.90 Å². The van der Waals surface area contributed by atoms with Gasteiger partial charge in [0.2, 0.25) is 5.91 Å². The van der Waals surface area contributed by atoms with Crippen LogP contribution in [-0.2, 0) is 4.79 Å². The maximum absolute atomic E-state index is 12.5. The minimum Gasteiger partial charge on any atom is -0.339 e. The molecule has 2 unspecified atom stereocenters. The fourth-order valence-electron chi connectivity index (χ4n) is 4.10. The molecule has 0 aromatic heterocycles. The van der Waals surface area contributed by atoms with Crippen LogP contribution in [0.15, 0.2) is 0 Å². The first kappa shape index (κ1) is 20.5. The van der Waals surface area contributed by atoms with Crippen molar-refractivity contribution in [2.45, 2.75) is 112 Å². The zero-order valence-corrected chi connectivity index (χ0v) is 16.7. The van der Waals surface area contributed by atoms with Crippen molar-refractivity contribution in [2.24, 2.45) is 10.8 Å². The predicted molar refractivity (Wildman–Crippen MR) is 101 cm³/mol. The van der Waals surface area contributed by atoms with Gasteiger partial charge in [-0.3, -0.25) is 4.79 Å². The lowest BCUT2D eigenvalue weighted by atomic mass is 9.68. The summed E-state index contributed by atoms with van der Waals surface area (Å²) in [5.41, 5.74) is 0.589. The van der Waals surface area contributed by atoms with Crippen molar-refractivity contribution in [1.29, 1.82) is 0 Å². The van der Waals surface area contributed by atoms with Crippen molar-refractivity contribution >= 4 is 5.91 Å². The number of nitrogens with zero attached hydrogens (tertiary/aromatic N) is 1. The van der Waals surface area contributed by atoms with Gasteiger partial charge in [0.25, 0.3) is 0 Å². The molecule has 1 heterocycles. The van der Waals surface area contributed by atoms with Crippen molar-refractivity contribution in [3.05, 3.63) is 0 Å². The number of amides is 1. The Labute approximate surface area is 145 Å². The highest BCUT2D eigenvalue weighted by Gasteiger charge is 2.41. The minimum absolute atomic E-state index is 0.221. The Balaban J connectivity index is 2.96. The van der Waals surface area contributed by atoms with Gasteiger partial charge in [-0.25, -0.2) is 0 Å². The lowest BCUT2D eigenvalue weighted by Gasteiger charge is -2.45. The fourth-order valence-corrected chi connectivity index (χ4v) is 4.10. The average molecular weight is 324 g/mol. The summed E-state index contributed by atoms with van der Waals surface area (Å²) >= 11 is 0. The second-order valence-corrected chi connectivity index (χ2v) is 8.77. The number of likely N-dealkylation sites (tertiary alicyclic amines) is 1. The van der Waals surface area contributed by atoms with E-state index in [-0.39, 0.29) is 5.41 Å². The van der Waals surface area contributed by atoms with Gasteiger partial charge in [0.15, 0.2) is 0 Å². The number of hydrogen-bond donors (Lipinski definition) is 0. The van der Waals surface area contributed by atoms with Crippen LogP contribution in [0.5, 0.6) is 0 Å². The lowest BCUT2D eigenvalue weighted by molar-refractivity contribution is -0.133. The van der Waals surface area contributed by atoms with Crippen molar-refractivity contribution in [3.63, 3.8) is 0 Å². The molecule has 0 aromatic carbocycles. The molecule has 0 radical (unpaired) electrons. The van der Waals surface area contributed by atoms with Gasteiger partial charge in [-0.1, -0.05) is 73.6 Å². The Morgan fingerprint density at radius 2 is 1.65 bits per heavy atom. The van der Waals surface area contributed by atoms with Gasteiger partial charge in [-0.2, -0.15) is 0 Å². The van der Waals surface area contributed by atoms with Gasteiger partial charge in [-0.05, 0) is 36.5 Å². The molecule has 23 heavy (non-hydrogen) atoms. The van der Waals surface area contributed by atoms with E-state index in [1.807, 2.05) is 0 Å². The van der Waals surface area contributed by atoms with E-state index in [2.05, 4.69) is 46.4 Å². The average Bonchev–Trinajstić information content (AvgIpc) is 2.94. The zero-order chi connectivity index (χ0) is 17.5. The first-order valence-corrected chi connectivity index (χ1v) is 10.1. The van der Waals surface area contributed by atoms with Crippen LogP contribution in [-0.4, -0.2) is 23.4 Å². The molecule has 0 N–H and O–H groups in total. The summed E-state index contributed by atoms with van der Waals surface area (Å²) in [4.78, 5) is 14.7.